The molecule has 0 saturated carbocycles. The standard InChI is InChI=1S/C16H21N5S/c1-2-8-17-14(5-1)15-18-19-16(22-15)21-11-6-13(7-12-21)20-9-3-4-10-20/h1-2,5,8,13H,3-4,6-7,9-12H2. The van der Waals surface area contributed by atoms with Gasteiger partial charge in [0.1, 0.15) is 5.69 Å². The summed E-state index contributed by atoms with van der Waals surface area (Å²) in [6, 6.07) is 6.69. The van der Waals surface area contributed by atoms with Crippen LogP contribution in [0.5, 0.6) is 0 Å². The van der Waals surface area contributed by atoms with E-state index in [0.717, 1.165) is 35.0 Å². The number of rotatable bonds is 3. The van der Waals surface area contributed by atoms with Crippen molar-refractivity contribution in [1.82, 2.24) is 20.1 Å². The van der Waals surface area contributed by atoms with Crippen LogP contribution in [0, 0.1) is 0 Å². The fourth-order valence-corrected chi connectivity index (χ4v) is 4.34. The van der Waals surface area contributed by atoms with Gasteiger partial charge >= 0.3 is 0 Å². The maximum Gasteiger partial charge on any atom is 0.208 e. The van der Waals surface area contributed by atoms with E-state index in [4.69, 9.17) is 0 Å². The Morgan fingerprint density at radius 1 is 1.00 bits per heavy atom. The van der Waals surface area contributed by atoms with Gasteiger partial charge in [-0.05, 0) is 50.9 Å². The summed E-state index contributed by atoms with van der Waals surface area (Å²) in [7, 11) is 0. The van der Waals surface area contributed by atoms with E-state index in [-0.39, 0.29) is 0 Å². The van der Waals surface area contributed by atoms with Gasteiger partial charge in [0.25, 0.3) is 0 Å². The first-order valence-electron chi connectivity index (χ1n) is 8.14. The van der Waals surface area contributed by atoms with Crippen molar-refractivity contribution in [3.05, 3.63) is 24.4 Å². The molecule has 2 saturated heterocycles. The average Bonchev–Trinajstić information content (AvgIpc) is 3.28. The van der Waals surface area contributed by atoms with Crippen LogP contribution in [0.2, 0.25) is 0 Å². The Bertz CT molecular complexity index is 600. The Kier molecular flexibility index (Phi) is 4.03. The van der Waals surface area contributed by atoms with Gasteiger partial charge in [-0.3, -0.25) is 4.98 Å². The number of nitrogens with zero attached hydrogens (tertiary/aromatic N) is 5. The van der Waals surface area contributed by atoms with Crippen LogP contribution < -0.4 is 4.90 Å². The summed E-state index contributed by atoms with van der Waals surface area (Å²) in [5.74, 6) is 0. The summed E-state index contributed by atoms with van der Waals surface area (Å²) >= 11 is 1.65. The molecule has 0 N–H and O–H groups in total. The van der Waals surface area contributed by atoms with Crippen LogP contribution >= 0.6 is 11.3 Å². The van der Waals surface area contributed by atoms with Crippen molar-refractivity contribution in [3.8, 4) is 10.7 Å². The number of hydrogen-bond acceptors (Lipinski definition) is 6. The lowest BCUT2D eigenvalue weighted by Gasteiger charge is -2.36. The minimum atomic E-state index is 0.780. The number of aromatic nitrogens is 3. The highest BCUT2D eigenvalue weighted by atomic mass is 32.1. The SMILES string of the molecule is c1ccc(-c2nnc(N3CCC(N4CCCC4)CC3)s2)nc1. The molecule has 0 aromatic carbocycles. The molecule has 2 aromatic heterocycles. The third-order valence-corrected chi connectivity index (χ3v) is 5.70. The average molecular weight is 315 g/mol. The van der Waals surface area contributed by atoms with Crippen LogP contribution in [0.15, 0.2) is 24.4 Å². The molecule has 4 rings (SSSR count). The van der Waals surface area contributed by atoms with E-state index in [2.05, 4.69) is 25.0 Å². The number of likely N-dealkylation sites (tertiary alicyclic amines) is 1. The zero-order valence-corrected chi connectivity index (χ0v) is 13.5. The monoisotopic (exact) mass is 315 g/mol. The normalized spacial score (nSPS) is 20.6. The van der Waals surface area contributed by atoms with Crippen LogP contribution in [0.25, 0.3) is 10.7 Å². The van der Waals surface area contributed by atoms with Gasteiger partial charge in [-0.1, -0.05) is 17.4 Å². The van der Waals surface area contributed by atoms with Crippen LogP contribution in [-0.4, -0.2) is 52.3 Å². The highest BCUT2D eigenvalue weighted by Gasteiger charge is 2.27. The first kappa shape index (κ1) is 14.1. The van der Waals surface area contributed by atoms with Gasteiger partial charge in [0.05, 0.1) is 0 Å². The second-order valence-electron chi connectivity index (χ2n) is 6.07. The van der Waals surface area contributed by atoms with E-state index in [0.29, 0.717) is 0 Å². The maximum absolute atomic E-state index is 4.38. The highest BCUT2D eigenvalue weighted by Crippen LogP contribution is 2.30. The van der Waals surface area contributed by atoms with E-state index in [1.54, 1.807) is 17.5 Å². The van der Waals surface area contributed by atoms with Crippen molar-refractivity contribution < 1.29 is 0 Å². The molecule has 0 atom stereocenters. The van der Waals surface area contributed by atoms with E-state index in [1.165, 1.54) is 38.8 Å². The Hall–Kier alpha value is -1.53. The summed E-state index contributed by atoms with van der Waals surface area (Å²) in [4.78, 5) is 9.42. The Labute approximate surface area is 135 Å². The molecule has 22 heavy (non-hydrogen) atoms. The largest absolute Gasteiger partial charge is 0.347 e. The van der Waals surface area contributed by atoms with E-state index >= 15 is 0 Å². The third kappa shape index (κ3) is 2.85. The van der Waals surface area contributed by atoms with Gasteiger partial charge < -0.3 is 9.80 Å². The van der Waals surface area contributed by atoms with E-state index < -0.39 is 0 Å². The van der Waals surface area contributed by atoms with Crippen molar-refractivity contribution >= 4 is 16.5 Å². The molecule has 116 valence electrons. The van der Waals surface area contributed by atoms with Crippen LogP contribution in [0.4, 0.5) is 5.13 Å². The smallest absolute Gasteiger partial charge is 0.208 e. The Morgan fingerprint density at radius 2 is 1.82 bits per heavy atom. The first-order valence-corrected chi connectivity index (χ1v) is 8.96. The van der Waals surface area contributed by atoms with Gasteiger partial charge in [0.2, 0.25) is 5.13 Å². The van der Waals surface area contributed by atoms with Gasteiger partial charge in [0.15, 0.2) is 5.01 Å². The molecule has 0 aliphatic carbocycles. The Morgan fingerprint density at radius 3 is 2.55 bits per heavy atom. The topological polar surface area (TPSA) is 45.2 Å². The minimum Gasteiger partial charge on any atom is -0.347 e. The van der Waals surface area contributed by atoms with Crippen LogP contribution in [0.3, 0.4) is 0 Å². The molecule has 2 aromatic rings. The molecule has 0 amide bonds. The van der Waals surface area contributed by atoms with E-state index in [9.17, 15) is 0 Å². The molecule has 0 spiro atoms. The second kappa shape index (κ2) is 6.30. The summed E-state index contributed by atoms with van der Waals surface area (Å²) in [6.07, 6.45) is 7.06. The van der Waals surface area contributed by atoms with Crippen LogP contribution in [0.1, 0.15) is 25.7 Å². The van der Waals surface area contributed by atoms with Crippen molar-refractivity contribution in [2.45, 2.75) is 31.7 Å². The molecular weight excluding hydrogens is 294 g/mol. The van der Waals surface area contributed by atoms with Crippen molar-refractivity contribution in [1.29, 1.82) is 0 Å². The molecule has 4 heterocycles. The fourth-order valence-electron chi connectivity index (χ4n) is 3.47. The fraction of sp³-hybridized carbons (Fsp3) is 0.562. The molecule has 0 unspecified atom stereocenters. The summed E-state index contributed by atoms with van der Waals surface area (Å²) < 4.78 is 0. The lowest BCUT2D eigenvalue weighted by Crippen LogP contribution is -2.43. The molecule has 2 fully saturated rings. The number of anilines is 1. The lowest BCUT2D eigenvalue weighted by atomic mass is 10.0. The zero-order valence-electron chi connectivity index (χ0n) is 12.7. The predicted octanol–water partition coefficient (Wildman–Crippen LogP) is 2.66. The second-order valence-corrected chi connectivity index (χ2v) is 7.02. The van der Waals surface area contributed by atoms with Crippen molar-refractivity contribution in [2.24, 2.45) is 0 Å². The molecule has 0 radical (unpaired) electrons. The van der Waals surface area contributed by atoms with Gasteiger partial charge in [-0.15, -0.1) is 10.2 Å². The minimum absolute atomic E-state index is 0.780. The molecular formula is C16H21N5S. The molecule has 6 heteroatoms. The maximum atomic E-state index is 4.38. The van der Waals surface area contributed by atoms with E-state index in [1.807, 2.05) is 18.2 Å². The molecule has 2 aliphatic rings. The number of piperidine rings is 1. The van der Waals surface area contributed by atoms with Crippen LogP contribution in [-0.2, 0) is 0 Å². The summed E-state index contributed by atoms with van der Waals surface area (Å²) in [6.45, 7) is 4.79. The quantitative estimate of drug-likeness (QED) is 0.871. The summed E-state index contributed by atoms with van der Waals surface area (Å²) in [5, 5.41) is 10.6. The lowest BCUT2D eigenvalue weighted by molar-refractivity contribution is 0.208. The van der Waals surface area contributed by atoms with Crippen molar-refractivity contribution in [3.63, 3.8) is 0 Å². The third-order valence-electron chi connectivity index (χ3n) is 4.69. The zero-order chi connectivity index (χ0) is 14.8. The van der Waals surface area contributed by atoms with Gasteiger partial charge in [0, 0.05) is 25.3 Å². The highest BCUT2D eigenvalue weighted by molar-refractivity contribution is 7.18. The van der Waals surface area contributed by atoms with Gasteiger partial charge in [-0.2, -0.15) is 0 Å². The Balaban J connectivity index is 1.40. The molecule has 5 nitrogen and oxygen atoms in total. The van der Waals surface area contributed by atoms with Gasteiger partial charge in [-0.25, -0.2) is 0 Å². The number of hydrogen-bond donors (Lipinski definition) is 0. The predicted molar refractivity (Wildman–Crippen MR) is 89.2 cm³/mol. The molecule has 2 aliphatic heterocycles. The summed E-state index contributed by atoms with van der Waals surface area (Å²) in [5.41, 5.74) is 0.915. The molecule has 0 bridgehead atoms. The first-order chi connectivity index (χ1) is 10.9. The number of pyridine rings is 1. The van der Waals surface area contributed by atoms with Crippen molar-refractivity contribution in [2.75, 3.05) is 31.1 Å².